The molecule has 0 fully saturated rings. The third kappa shape index (κ3) is 7.53. The molecule has 0 bridgehead atoms. The average Bonchev–Trinajstić information content (AvgIpc) is 3.30. The van der Waals surface area contributed by atoms with Crippen LogP contribution in [-0.4, -0.2) is 15.0 Å². The highest BCUT2D eigenvalue weighted by Crippen LogP contribution is 2.35. The Bertz CT molecular complexity index is 3280. The van der Waals surface area contributed by atoms with E-state index in [9.17, 15) is 5.26 Å². The van der Waals surface area contributed by atoms with Gasteiger partial charge in [0.1, 0.15) is 0 Å². The number of benzene rings is 9. The molecule has 0 radical (unpaired) electrons. The van der Waals surface area contributed by atoms with E-state index in [0.29, 0.717) is 23.0 Å². The predicted molar refractivity (Wildman–Crippen MR) is 257 cm³/mol. The van der Waals surface area contributed by atoms with Crippen LogP contribution < -0.4 is 0 Å². The van der Waals surface area contributed by atoms with Gasteiger partial charge in [-0.05, 0) is 136 Å². The quantitative estimate of drug-likeness (QED) is 0.151. The first-order chi connectivity index (χ1) is 30.2. The van der Waals surface area contributed by atoms with Crippen molar-refractivity contribution in [2.45, 2.75) is 27.7 Å². The van der Waals surface area contributed by atoms with Crippen molar-refractivity contribution < 1.29 is 0 Å². The Kier molecular flexibility index (Phi) is 9.79. The lowest BCUT2D eigenvalue weighted by Gasteiger charge is -2.12. The van der Waals surface area contributed by atoms with Gasteiger partial charge in [0.15, 0.2) is 17.5 Å². The van der Waals surface area contributed by atoms with Crippen molar-refractivity contribution in [2.24, 2.45) is 0 Å². The SMILES string of the molecule is Cc1cc(C)cc(-c2nc(-c3ccc(-c4ccc(-c5ccc(-c6cccc(-c7ccc8c(ccc9ccccc98)c7)c6)cc5C#N)cc4)cc3)nc(-c3cc(C)cc(C)c3)n2)c1. The number of hydrogen-bond donors (Lipinski definition) is 0. The average molecular weight is 795 g/mol. The van der Waals surface area contributed by atoms with Gasteiger partial charge in [-0.25, -0.2) is 15.0 Å². The van der Waals surface area contributed by atoms with E-state index in [-0.39, 0.29) is 0 Å². The van der Waals surface area contributed by atoms with Crippen LogP contribution in [0.2, 0.25) is 0 Å². The molecule has 1 heterocycles. The molecule has 10 aromatic rings. The molecule has 0 atom stereocenters. The lowest BCUT2D eigenvalue weighted by Crippen LogP contribution is -2.01. The first-order valence-electron chi connectivity index (χ1n) is 21.0. The summed E-state index contributed by atoms with van der Waals surface area (Å²) in [5.41, 5.74) is 16.6. The predicted octanol–water partition coefficient (Wildman–Crippen LogP) is 15.0. The number of aromatic nitrogens is 3. The summed E-state index contributed by atoms with van der Waals surface area (Å²) in [6, 6.07) is 66.5. The van der Waals surface area contributed by atoms with Crippen molar-refractivity contribution in [3.8, 4) is 84.7 Å². The number of hydrogen-bond acceptors (Lipinski definition) is 4. The van der Waals surface area contributed by atoms with Crippen LogP contribution in [0.1, 0.15) is 27.8 Å². The van der Waals surface area contributed by atoms with E-state index in [4.69, 9.17) is 15.0 Å². The summed E-state index contributed by atoms with van der Waals surface area (Å²) >= 11 is 0. The van der Waals surface area contributed by atoms with Gasteiger partial charge in [0, 0.05) is 16.7 Å². The summed E-state index contributed by atoms with van der Waals surface area (Å²) in [6.07, 6.45) is 0. The molecule has 0 saturated carbocycles. The van der Waals surface area contributed by atoms with Crippen molar-refractivity contribution in [2.75, 3.05) is 0 Å². The molecule has 0 spiro atoms. The molecule has 0 unspecified atom stereocenters. The molecular formula is C58H42N4. The summed E-state index contributed by atoms with van der Waals surface area (Å²) in [4.78, 5) is 15.0. The number of nitrogens with zero attached hydrogens (tertiary/aromatic N) is 4. The highest BCUT2D eigenvalue weighted by molar-refractivity contribution is 6.08. The monoisotopic (exact) mass is 794 g/mol. The first-order valence-corrected chi connectivity index (χ1v) is 21.0. The van der Waals surface area contributed by atoms with Crippen LogP contribution in [0, 0.1) is 39.0 Å². The molecule has 0 aliphatic heterocycles. The summed E-state index contributed by atoms with van der Waals surface area (Å²) in [7, 11) is 0. The van der Waals surface area contributed by atoms with Gasteiger partial charge in [-0.2, -0.15) is 5.26 Å². The lowest BCUT2D eigenvalue weighted by atomic mass is 9.92. The number of fused-ring (bicyclic) bond motifs is 3. The fourth-order valence-corrected chi connectivity index (χ4v) is 8.76. The van der Waals surface area contributed by atoms with E-state index in [2.05, 4.69) is 210 Å². The highest BCUT2D eigenvalue weighted by Gasteiger charge is 2.15. The van der Waals surface area contributed by atoms with Crippen LogP contribution in [-0.2, 0) is 0 Å². The van der Waals surface area contributed by atoms with E-state index < -0.39 is 0 Å². The van der Waals surface area contributed by atoms with Gasteiger partial charge in [0.2, 0.25) is 0 Å². The minimum Gasteiger partial charge on any atom is -0.208 e. The second-order valence-electron chi connectivity index (χ2n) is 16.4. The van der Waals surface area contributed by atoms with Crippen LogP contribution in [0.4, 0.5) is 0 Å². The minimum absolute atomic E-state index is 0.631. The normalized spacial score (nSPS) is 11.2. The Morgan fingerprint density at radius 3 is 1.37 bits per heavy atom. The standard InChI is InChI=1S/C58H42N4/c1-36-26-37(2)29-50(28-36)57-60-56(61-58(62-57)51-30-38(3)27-39(4)31-51)44-19-14-41(15-20-44)40-12-16-43(17-13-40)53-24-22-48(34-52(53)35-59)46-10-7-9-45(32-46)47-23-25-55-49(33-47)21-18-42-8-5-6-11-54(42)55/h5-34H,1-4H3. The molecule has 62 heavy (non-hydrogen) atoms. The van der Waals surface area contributed by atoms with Crippen molar-refractivity contribution in [1.82, 2.24) is 15.0 Å². The molecule has 4 heteroatoms. The van der Waals surface area contributed by atoms with Gasteiger partial charge < -0.3 is 0 Å². The van der Waals surface area contributed by atoms with Gasteiger partial charge in [0.05, 0.1) is 11.6 Å². The Morgan fingerprint density at radius 1 is 0.323 bits per heavy atom. The second-order valence-corrected chi connectivity index (χ2v) is 16.4. The molecule has 294 valence electrons. The van der Waals surface area contributed by atoms with Gasteiger partial charge >= 0.3 is 0 Å². The first kappa shape index (κ1) is 38.2. The van der Waals surface area contributed by atoms with Crippen molar-refractivity contribution >= 4 is 21.5 Å². The molecule has 0 aliphatic carbocycles. The molecule has 1 aromatic heterocycles. The molecule has 0 saturated heterocycles. The van der Waals surface area contributed by atoms with Gasteiger partial charge in [0.25, 0.3) is 0 Å². The van der Waals surface area contributed by atoms with Crippen LogP contribution in [0.3, 0.4) is 0 Å². The van der Waals surface area contributed by atoms with Gasteiger partial charge in [-0.3, -0.25) is 0 Å². The Balaban J connectivity index is 0.912. The third-order valence-electron chi connectivity index (χ3n) is 11.7. The maximum Gasteiger partial charge on any atom is 0.164 e. The van der Waals surface area contributed by atoms with Crippen molar-refractivity contribution in [3.63, 3.8) is 0 Å². The highest BCUT2D eigenvalue weighted by atomic mass is 15.0. The van der Waals surface area contributed by atoms with Crippen LogP contribution >= 0.6 is 0 Å². The van der Waals surface area contributed by atoms with Crippen LogP contribution in [0.15, 0.2) is 182 Å². The number of rotatable bonds is 7. The zero-order chi connectivity index (χ0) is 42.3. The van der Waals surface area contributed by atoms with Gasteiger partial charge in [-0.1, -0.05) is 162 Å². The Hall–Kier alpha value is -8.00. The minimum atomic E-state index is 0.631. The molecule has 0 amide bonds. The van der Waals surface area contributed by atoms with E-state index in [1.165, 1.54) is 43.8 Å². The number of nitriles is 1. The van der Waals surface area contributed by atoms with Gasteiger partial charge in [-0.15, -0.1) is 0 Å². The summed E-state index contributed by atoms with van der Waals surface area (Å²) in [5, 5.41) is 15.3. The van der Waals surface area contributed by atoms with E-state index in [0.717, 1.165) is 61.2 Å². The van der Waals surface area contributed by atoms with Crippen molar-refractivity contribution in [1.29, 1.82) is 5.26 Å². The zero-order valence-electron chi connectivity index (χ0n) is 35.1. The van der Waals surface area contributed by atoms with E-state index >= 15 is 0 Å². The largest absolute Gasteiger partial charge is 0.208 e. The Labute approximate surface area is 362 Å². The van der Waals surface area contributed by atoms with Crippen LogP contribution in [0.25, 0.3) is 100 Å². The molecule has 10 rings (SSSR count). The van der Waals surface area contributed by atoms with E-state index in [1.807, 2.05) is 6.07 Å². The Morgan fingerprint density at radius 2 is 0.774 bits per heavy atom. The fraction of sp³-hybridized carbons (Fsp3) is 0.0690. The topological polar surface area (TPSA) is 62.5 Å². The smallest absolute Gasteiger partial charge is 0.164 e. The summed E-state index contributed by atoms with van der Waals surface area (Å²) < 4.78 is 0. The van der Waals surface area contributed by atoms with Crippen LogP contribution in [0.5, 0.6) is 0 Å². The van der Waals surface area contributed by atoms with E-state index in [1.54, 1.807) is 0 Å². The zero-order valence-corrected chi connectivity index (χ0v) is 35.1. The van der Waals surface area contributed by atoms with Crippen molar-refractivity contribution in [3.05, 3.63) is 210 Å². The lowest BCUT2D eigenvalue weighted by molar-refractivity contribution is 1.07. The second kappa shape index (κ2) is 15.9. The maximum absolute atomic E-state index is 10.4. The summed E-state index contributed by atoms with van der Waals surface area (Å²) in [5.74, 6) is 1.94. The maximum atomic E-state index is 10.4. The molecule has 0 aliphatic rings. The number of aryl methyl sites for hydroxylation is 4. The molecule has 9 aromatic carbocycles. The molecule has 4 nitrogen and oxygen atoms in total. The molecular weight excluding hydrogens is 753 g/mol. The molecule has 0 N–H and O–H groups in total. The fourth-order valence-electron chi connectivity index (χ4n) is 8.76. The summed E-state index contributed by atoms with van der Waals surface area (Å²) in [6.45, 7) is 8.40. The third-order valence-corrected chi connectivity index (χ3v) is 11.7.